The minimum absolute atomic E-state index is 0.134. The highest BCUT2D eigenvalue weighted by Gasteiger charge is 2.15. The molecule has 5 nitrogen and oxygen atoms in total. The highest BCUT2D eigenvalue weighted by Crippen LogP contribution is 2.10. The van der Waals surface area contributed by atoms with Crippen molar-refractivity contribution < 1.29 is 9.32 Å². The highest BCUT2D eigenvalue weighted by atomic mass is 16.5. The lowest BCUT2D eigenvalue weighted by Gasteiger charge is -2.09. The van der Waals surface area contributed by atoms with Crippen molar-refractivity contribution in [1.29, 1.82) is 0 Å². The van der Waals surface area contributed by atoms with E-state index >= 15 is 0 Å². The SMILES string of the molecule is O=Cc1noc(CN2CCCC2)n1. The summed E-state index contributed by atoms with van der Waals surface area (Å²) in [6.07, 6.45) is 3.06. The lowest BCUT2D eigenvalue weighted by atomic mass is 10.4. The number of aldehydes is 1. The molecule has 0 N–H and O–H groups in total. The Labute approximate surface area is 75.7 Å². The van der Waals surface area contributed by atoms with Gasteiger partial charge < -0.3 is 4.52 Å². The Balaban J connectivity index is 1.96. The molecule has 1 aliphatic heterocycles. The molecule has 2 rings (SSSR count). The Bertz CT molecular complexity index is 291. The fraction of sp³-hybridized carbons (Fsp3) is 0.625. The van der Waals surface area contributed by atoms with Crippen LogP contribution in [-0.4, -0.2) is 34.4 Å². The summed E-state index contributed by atoms with van der Waals surface area (Å²) in [6, 6.07) is 0. The van der Waals surface area contributed by atoms with Gasteiger partial charge in [0.05, 0.1) is 6.54 Å². The molecule has 0 radical (unpaired) electrons. The smallest absolute Gasteiger partial charge is 0.241 e. The van der Waals surface area contributed by atoms with Crippen molar-refractivity contribution in [2.75, 3.05) is 13.1 Å². The summed E-state index contributed by atoms with van der Waals surface area (Å²) >= 11 is 0. The first-order valence-corrected chi connectivity index (χ1v) is 4.38. The second kappa shape index (κ2) is 3.66. The van der Waals surface area contributed by atoms with E-state index in [1.54, 1.807) is 0 Å². The number of nitrogens with zero attached hydrogens (tertiary/aromatic N) is 3. The maximum absolute atomic E-state index is 10.3. The van der Waals surface area contributed by atoms with E-state index in [4.69, 9.17) is 4.52 Å². The molecule has 1 saturated heterocycles. The van der Waals surface area contributed by atoms with Crippen LogP contribution in [0.15, 0.2) is 4.52 Å². The minimum Gasteiger partial charge on any atom is -0.337 e. The van der Waals surface area contributed by atoms with E-state index < -0.39 is 0 Å². The molecule has 0 aliphatic carbocycles. The van der Waals surface area contributed by atoms with Gasteiger partial charge in [-0.3, -0.25) is 9.69 Å². The van der Waals surface area contributed by atoms with Crippen LogP contribution in [0.1, 0.15) is 29.4 Å². The standard InChI is InChI=1S/C8H11N3O2/c12-6-7-9-8(13-10-7)5-11-3-1-2-4-11/h6H,1-5H2. The molecular formula is C8H11N3O2. The molecule has 2 heterocycles. The van der Waals surface area contributed by atoms with Gasteiger partial charge in [-0.1, -0.05) is 5.16 Å². The number of carbonyl (C=O) groups excluding carboxylic acids is 1. The van der Waals surface area contributed by atoms with E-state index in [1.165, 1.54) is 12.8 Å². The van der Waals surface area contributed by atoms with Crippen molar-refractivity contribution in [2.24, 2.45) is 0 Å². The van der Waals surface area contributed by atoms with Crippen LogP contribution in [0.2, 0.25) is 0 Å². The van der Waals surface area contributed by atoms with E-state index in [2.05, 4.69) is 15.0 Å². The van der Waals surface area contributed by atoms with Crippen molar-refractivity contribution in [3.8, 4) is 0 Å². The van der Waals surface area contributed by atoms with Gasteiger partial charge in [0.25, 0.3) is 0 Å². The fourth-order valence-electron chi connectivity index (χ4n) is 1.51. The number of carbonyl (C=O) groups is 1. The van der Waals surface area contributed by atoms with Crippen LogP contribution in [0.4, 0.5) is 0 Å². The molecule has 0 spiro atoms. The number of hydrogen-bond donors (Lipinski definition) is 0. The van der Waals surface area contributed by atoms with Crippen LogP contribution in [0.25, 0.3) is 0 Å². The first kappa shape index (κ1) is 8.37. The summed E-state index contributed by atoms with van der Waals surface area (Å²) in [5.74, 6) is 0.665. The van der Waals surface area contributed by atoms with Crippen molar-refractivity contribution in [3.05, 3.63) is 11.7 Å². The van der Waals surface area contributed by atoms with Gasteiger partial charge in [0.15, 0.2) is 6.29 Å². The second-order valence-corrected chi connectivity index (χ2v) is 3.15. The maximum Gasteiger partial charge on any atom is 0.241 e. The average molecular weight is 181 g/mol. The monoisotopic (exact) mass is 181 g/mol. The molecule has 0 saturated carbocycles. The third kappa shape index (κ3) is 1.92. The van der Waals surface area contributed by atoms with E-state index in [1.807, 2.05) is 0 Å². The van der Waals surface area contributed by atoms with Crippen molar-refractivity contribution in [3.63, 3.8) is 0 Å². The van der Waals surface area contributed by atoms with Gasteiger partial charge in [0, 0.05) is 0 Å². The van der Waals surface area contributed by atoms with Gasteiger partial charge in [-0.2, -0.15) is 4.98 Å². The summed E-state index contributed by atoms with van der Waals surface area (Å²) in [4.78, 5) is 16.4. The summed E-state index contributed by atoms with van der Waals surface area (Å²) in [5, 5.41) is 3.50. The molecule has 0 atom stereocenters. The second-order valence-electron chi connectivity index (χ2n) is 3.15. The quantitative estimate of drug-likeness (QED) is 0.635. The van der Waals surface area contributed by atoms with Crippen molar-refractivity contribution >= 4 is 6.29 Å². The van der Waals surface area contributed by atoms with E-state index in [0.29, 0.717) is 18.7 Å². The van der Waals surface area contributed by atoms with Crippen LogP contribution >= 0.6 is 0 Å². The molecule has 1 aliphatic rings. The fourth-order valence-corrected chi connectivity index (χ4v) is 1.51. The summed E-state index contributed by atoms with van der Waals surface area (Å²) in [5.41, 5.74) is 0. The van der Waals surface area contributed by atoms with E-state index in [9.17, 15) is 4.79 Å². The number of likely N-dealkylation sites (tertiary alicyclic amines) is 1. The molecule has 5 heteroatoms. The Hall–Kier alpha value is -1.23. The van der Waals surface area contributed by atoms with Crippen LogP contribution in [0.3, 0.4) is 0 Å². The van der Waals surface area contributed by atoms with Gasteiger partial charge in [-0.15, -0.1) is 0 Å². The number of rotatable bonds is 3. The molecule has 13 heavy (non-hydrogen) atoms. The van der Waals surface area contributed by atoms with Gasteiger partial charge in [-0.25, -0.2) is 0 Å². The van der Waals surface area contributed by atoms with Crippen LogP contribution in [0.5, 0.6) is 0 Å². The Kier molecular flexibility index (Phi) is 2.35. The summed E-state index contributed by atoms with van der Waals surface area (Å²) < 4.78 is 4.88. The zero-order valence-electron chi connectivity index (χ0n) is 7.27. The molecule has 0 bridgehead atoms. The van der Waals surface area contributed by atoms with Gasteiger partial charge in [-0.05, 0) is 25.9 Å². The zero-order valence-corrected chi connectivity index (χ0v) is 7.27. The molecule has 0 unspecified atom stereocenters. The van der Waals surface area contributed by atoms with Crippen LogP contribution in [-0.2, 0) is 6.54 Å². The molecule has 70 valence electrons. The molecule has 1 aromatic heterocycles. The average Bonchev–Trinajstić information content (AvgIpc) is 2.76. The lowest BCUT2D eigenvalue weighted by Crippen LogP contribution is -2.18. The molecule has 1 aromatic rings. The first-order valence-electron chi connectivity index (χ1n) is 4.38. The largest absolute Gasteiger partial charge is 0.337 e. The highest BCUT2D eigenvalue weighted by molar-refractivity contribution is 5.68. The Morgan fingerprint density at radius 2 is 2.23 bits per heavy atom. The lowest BCUT2D eigenvalue weighted by molar-refractivity contribution is 0.111. The third-order valence-corrected chi connectivity index (χ3v) is 2.15. The predicted molar refractivity (Wildman–Crippen MR) is 44.2 cm³/mol. The Morgan fingerprint density at radius 1 is 1.46 bits per heavy atom. The minimum atomic E-state index is 0.134. The summed E-state index contributed by atoms with van der Waals surface area (Å²) in [6.45, 7) is 2.83. The van der Waals surface area contributed by atoms with Gasteiger partial charge in [0.1, 0.15) is 0 Å². The number of hydrogen-bond acceptors (Lipinski definition) is 5. The normalized spacial score (nSPS) is 17.8. The van der Waals surface area contributed by atoms with E-state index in [-0.39, 0.29) is 5.82 Å². The molecule has 0 amide bonds. The van der Waals surface area contributed by atoms with Gasteiger partial charge in [0.2, 0.25) is 11.7 Å². The number of aromatic nitrogens is 2. The van der Waals surface area contributed by atoms with Crippen molar-refractivity contribution in [1.82, 2.24) is 15.0 Å². The molecular weight excluding hydrogens is 170 g/mol. The zero-order chi connectivity index (χ0) is 9.10. The molecule has 1 fully saturated rings. The molecule has 0 aromatic carbocycles. The van der Waals surface area contributed by atoms with Crippen molar-refractivity contribution in [2.45, 2.75) is 19.4 Å². The van der Waals surface area contributed by atoms with Crippen LogP contribution < -0.4 is 0 Å². The topological polar surface area (TPSA) is 59.2 Å². The Morgan fingerprint density at radius 3 is 2.85 bits per heavy atom. The third-order valence-electron chi connectivity index (χ3n) is 2.15. The first-order chi connectivity index (χ1) is 6.38. The summed E-state index contributed by atoms with van der Waals surface area (Å²) in [7, 11) is 0. The maximum atomic E-state index is 10.3. The predicted octanol–water partition coefficient (Wildman–Crippen LogP) is 0.478. The van der Waals surface area contributed by atoms with Crippen LogP contribution in [0, 0.1) is 0 Å². The van der Waals surface area contributed by atoms with Gasteiger partial charge >= 0.3 is 0 Å². The van der Waals surface area contributed by atoms with E-state index in [0.717, 1.165) is 13.1 Å².